The van der Waals surface area contributed by atoms with Crippen molar-refractivity contribution in [3.8, 4) is 16.6 Å². The number of rotatable bonds is 2. The van der Waals surface area contributed by atoms with Gasteiger partial charge in [0.05, 0.1) is 0 Å². The Morgan fingerprint density at radius 2 is 2.40 bits per heavy atom. The fraction of sp³-hybridized carbons (Fsp3) is 0.100. The van der Waals surface area contributed by atoms with E-state index >= 15 is 0 Å². The van der Waals surface area contributed by atoms with E-state index in [9.17, 15) is 0 Å². The molecule has 0 saturated heterocycles. The average Bonchev–Trinajstić information content (AvgIpc) is 2.73. The summed E-state index contributed by atoms with van der Waals surface area (Å²) in [7, 11) is 1.78. The third-order valence-electron chi connectivity index (χ3n) is 1.87. The summed E-state index contributed by atoms with van der Waals surface area (Å²) in [5.41, 5.74) is 1.36. The maximum absolute atomic E-state index is 8.85. The van der Waals surface area contributed by atoms with Crippen LogP contribution in [0.15, 0.2) is 24.5 Å². The first kappa shape index (κ1) is 9.62. The molecule has 0 fully saturated rings. The van der Waals surface area contributed by atoms with Crippen LogP contribution in [0.2, 0.25) is 0 Å². The number of aromatic nitrogens is 2. The van der Waals surface area contributed by atoms with E-state index in [1.165, 1.54) is 11.3 Å². The zero-order valence-electron chi connectivity index (χ0n) is 8.06. The molecule has 0 unspecified atom stereocenters. The van der Waals surface area contributed by atoms with Crippen LogP contribution >= 0.6 is 11.3 Å². The van der Waals surface area contributed by atoms with E-state index in [4.69, 9.17) is 5.26 Å². The zero-order chi connectivity index (χ0) is 10.7. The van der Waals surface area contributed by atoms with Gasteiger partial charge in [-0.25, -0.2) is 4.98 Å². The topological polar surface area (TPSA) is 61.6 Å². The normalized spacial score (nSPS) is 9.60. The molecule has 1 N–H and O–H groups in total. The van der Waals surface area contributed by atoms with Crippen LogP contribution in [-0.4, -0.2) is 17.0 Å². The largest absolute Gasteiger partial charge is 0.378 e. The van der Waals surface area contributed by atoms with E-state index in [2.05, 4.69) is 21.4 Å². The molecule has 74 valence electrons. The van der Waals surface area contributed by atoms with Gasteiger partial charge in [-0.1, -0.05) is 11.3 Å². The standard InChI is InChI=1S/C10H8N4S/c1-12-10-8(5-11)14-9(15-10)7-3-2-4-13-6-7/h2-4,6,12H,1H3. The molecule has 0 aliphatic rings. The fourth-order valence-electron chi connectivity index (χ4n) is 1.18. The molecule has 0 aromatic carbocycles. The summed E-state index contributed by atoms with van der Waals surface area (Å²) in [6, 6.07) is 5.83. The number of nitriles is 1. The van der Waals surface area contributed by atoms with Crippen LogP contribution in [0.4, 0.5) is 5.00 Å². The molecule has 0 atom stereocenters. The van der Waals surface area contributed by atoms with Crippen molar-refractivity contribution in [3.63, 3.8) is 0 Å². The average molecular weight is 216 g/mol. The summed E-state index contributed by atoms with van der Waals surface area (Å²) in [5, 5.41) is 13.4. The second-order valence-corrected chi connectivity index (χ2v) is 3.80. The van der Waals surface area contributed by atoms with Crippen molar-refractivity contribution >= 4 is 16.3 Å². The zero-order valence-corrected chi connectivity index (χ0v) is 8.88. The van der Waals surface area contributed by atoms with Gasteiger partial charge in [-0.15, -0.1) is 0 Å². The molecule has 0 radical (unpaired) electrons. The highest BCUT2D eigenvalue weighted by molar-refractivity contribution is 7.19. The number of anilines is 1. The minimum atomic E-state index is 0.432. The number of nitrogens with one attached hydrogen (secondary N) is 1. The van der Waals surface area contributed by atoms with Crippen LogP contribution in [0.3, 0.4) is 0 Å². The van der Waals surface area contributed by atoms with Gasteiger partial charge in [0.2, 0.25) is 0 Å². The van der Waals surface area contributed by atoms with Crippen molar-refractivity contribution in [1.82, 2.24) is 9.97 Å². The first-order valence-electron chi connectivity index (χ1n) is 4.34. The molecule has 2 aromatic rings. The molecule has 2 aromatic heterocycles. The predicted molar refractivity (Wildman–Crippen MR) is 59.6 cm³/mol. The van der Waals surface area contributed by atoms with Crippen LogP contribution in [0, 0.1) is 11.3 Å². The van der Waals surface area contributed by atoms with Crippen LogP contribution < -0.4 is 5.32 Å². The van der Waals surface area contributed by atoms with Gasteiger partial charge < -0.3 is 5.32 Å². The van der Waals surface area contributed by atoms with Crippen LogP contribution in [0.25, 0.3) is 10.6 Å². The Morgan fingerprint density at radius 3 is 2.93 bits per heavy atom. The Balaban J connectivity index is 2.48. The van der Waals surface area contributed by atoms with Crippen LogP contribution in [-0.2, 0) is 0 Å². The first-order chi connectivity index (χ1) is 7.35. The van der Waals surface area contributed by atoms with E-state index < -0.39 is 0 Å². The predicted octanol–water partition coefficient (Wildman–Crippen LogP) is 2.12. The molecule has 0 aliphatic heterocycles. The highest BCUT2D eigenvalue weighted by atomic mass is 32.1. The minimum absolute atomic E-state index is 0.432. The minimum Gasteiger partial charge on any atom is -0.378 e. The number of hydrogen-bond donors (Lipinski definition) is 1. The van der Waals surface area contributed by atoms with Gasteiger partial charge in [0.25, 0.3) is 0 Å². The van der Waals surface area contributed by atoms with Gasteiger partial charge in [-0.3, -0.25) is 4.98 Å². The van der Waals surface area contributed by atoms with Crippen LogP contribution in [0.5, 0.6) is 0 Å². The molecule has 15 heavy (non-hydrogen) atoms. The Hall–Kier alpha value is -1.93. The van der Waals surface area contributed by atoms with Crippen molar-refractivity contribution < 1.29 is 0 Å². The maximum atomic E-state index is 8.85. The molecule has 2 heterocycles. The van der Waals surface area contributed by atoms with Crippen molar-refractivity contribution in [1.29, 1.82) is 5.26 Å². The number of hydrogen-bond acceptors (Lipinski definition) is 5. The monoisotopic (exact) mass is 216 g/mol. The molecule has 5 heteroatoms. The lowest BCUT2D eigenvalue weighted by Gasteiger charge is -1.92. The maximum Gasteiger partial charge on any atom is 0.175 e. The van der Waals surface area contributed by atoms with E-state index in [1.807, 2.05) is 12.1 Å². The van der Waals surface area contributed by atoms with Crippen LogP contribution in [0.1, 0.15) is 5.69 Å². The number of pyridine rings is 1. The van der Waals surface area contributed by atoms with Crippen molar-refractivity contribution in [2.24, 2.45) is 0 Å². The lowest BCUT2D eigenvalue weighted by atomic mass is 10.3. The Kier molecular flexibility index (Phi) is 2.61. The summed E-state index contributed by atoms with van der Waals surface area (Å²) in [5.74, 6) is 0. The number of nitrogens with zero attached hydrogens (tertiary/aromatic N) is 3. The summed E-state index contributed by atoms with van der Waals surface area (Å²) in [4.78, 5) is 8.24. The Bertz CT molecular complexity index is 498. The molecule has 0 aliphatic carbocycles. The van der Waals surface area contributed by atoms with Gasteiger partial charge in [0, 0.05) is 25.0 Å². The van der Waals surface area contributed by atoms with Gasteiger partial charge >= 0.3 is 0 Å². The van der Waals surface area contributed by atoms with Crippen molar-refractivity contribution in [2.75, 3.05) is 12.4 Å². The SMILES string of the molecule is CNc1sc(-c2cccnc2)nc1C#N. The highest BCUT2D eigenvalue weighted by Crippen LogP contribution is 2.30. The second-order valence-electron chi connectivity index (χ2n) is 2.80. The second kappa shape index (κ2) is 4.07. The lowest BCUT2D eigenvalue weighted by molar-refractivity contribution is 1.29. The molecular formula is C10H8N4S. The molecule has 0 spiro atoms. The van der Waals surface area contributed by atoms with Crippen molar-refractivity contribution in [2.45, 2.75) is 0 Å². The highest BCUT2D eigenvalue weighted by Gasteiger charge is 2.10. The third kappa shape index (κ3) is 1.80. The molecule has 2 rings (SSSR count). The van der Waals surface area contributed by atoms with E-state index in [0.717, 1.165) is 15.6 Å². The molecule has 4 nitrogen and oxygen atoms in total. The smallest absolute Gasteiger partial charge is 0.175 e. The van der Waals surface area contributed by atoms with Crippen molar-refractivity contribution in [3.05, 3.63) is 30.2 Å². The van der Waals surface area contributed by atoms with Gasteiger partial charge in [0.1, 0.15) is 16.1 Å². The van der Waals surface area contributed by atoms with E-state index in [1.54, 1.807) is 19.4 Å². The fourth-order valence-corrected chi connectivity index (χ4v) is 2.04. The summed E-state index contributed by atoms with van der Waals surface area (Å²) in [6.45, 7) is 0. The molecule has 0 saturated carbocycles. The van der Waals surface area contributed by atoms with E-state index in [-0.39, 0.29) is 0 Å². The van der Waals surface area contributed by atoms with E-state index in [0.29, 0.717) is 5.69 Å². The first-order valence-corrected chi connectivity index (χ1v) is 5.16. The Labute approximate surface area is 91.2 Å². The summed E-state index contributed by atoms with van der Waals surface area (Å²) in [6.07, 6.45) is 3.45. The molecule has 0 bridgehead atoms. The summed E-state index contributed by atoms with van der Waals surface area (Å²) >= 11 is 1.45. The summed E-state index contributed by atoms with van der Waals surface area (Å²) < 4.78 is 0. The molecular weight excluding hydrogens is 208 g/mol. The van der Waals surface area contributed by atoms with Gasteiger partial charge in [0.15, 0.2) is 5.69 Å². The van der Waals surface area contributed by atoms with Gasteiger partial charge in [-0.05, 0) is 12.1 Å². The Morgan fingerprint density at radius 1 is 1.53 bits per heavy atom. The third-order valence-corrected chi connectivity index (χ3v) is 2.99. The molecule has 0 amide bonds. The lowest BCUT2D eigenvalue weighted by Crippen LogP contribution is -1.86. The van der Waals surface area contributed by atoms with Gasteiger partial charge in [-0.2, -0.15) is 5.26 Å². The number of thiazole rings is 1. The quantitative estimate of drug-likeness (QED) is 0.835.